The van der Waals surface area contributed by atoms with Gasteiger partial charge in [0.25, 0.3) is 0 Å². The minimum atomic E-state index is -1.02. The molecule has 0 aromatic rings. The minimum Gasteiger partial charge on any atom is -0.481 e. The number of aliphatic hydroxyl groups is 4. The summed E-state index contributed by atoms with van der Waals surface area (Å²) in [4.78, 5) is 10.9. The fourth-order valence-electron chi connectivity index (χ4n) is 8.51. The number of rotatable bonds is 5. The molecule has 0 aromatic heterocycles. The molecule has 5 N–H and O–H groups in total. The Balaban J connectivity index is 1.53. The molecule has 0 amide bonds. The maximum Gasteiger partial charge on any atom is 0.303 e. The fourth-order valence-corrected chi connectivity index (χ4v) is 8.51. The number of aliphatic carboxylic acids is 1. The van der Waals surface area contributed by atoms with Crippen molar-refractivity contribution in [1.82, 2.24) is 0 Å². The second-order valence-electron chi connectivity index (χ2n) is 11.4. The molecular weight excluding hydrogens is 384 g/mol. The highest BCUT2D eigenvalue weighted by molar-refractivity contribution is 5.66. The first kappa shape index (κ1) is 22.5. The van der Waals surface area contributed by atoms with Crippen molar-refractivity contribution in [2.45, 2.75) is 102 Å². The highest BCUT2D eigenvalue weighted by atomic mass is 16.4. The molecule has 6 heteroatoms. The summed E-state index contributed by atoms with van der Waals surface area (Å²) in [5.41, 5.74) is 0.0330. The Hall–Kier alpha value is -0.690. The van der Waals surface area contributed by atoms with Crippen LogP contribution in [-0.4, -0.2) is 55.9 Å². The van der Waals surface area contributed by atoms with E-state index in [-0.39, 0.29) is 47.7 Å². The SMILES string of the molecule is C[C@]12CC[C@@H](O)CC1C[C@H](O)C1C2CC[C@@]2(C)C1CCC2[C@H](O)C(O)CCC(=O)O. The van der Waals surface area contributed by atoms with E-state index < -0.39 is 18.2 Å². The summed E-state index contributed by atoms with van der Waals surface area (Å²) in [6.45, 7) is 4.61. The van der Waals surface area contributed by atoms with Crippen LogP contribution in [0.4, 0.5) is 0 Å². The fraction of sp³-hybridized carbons (Fsp3) is 0.958. The van der Waals surface area contributed by atoms with Crippen LogP contribution < -0.4 is 0 Å². The van der Waals surface area contributed by atoms with Gasteiger partial charge in [-0.25, -0.2) is 0 Å². The summed E-state index contributed by atoms with van der Waals surface area (Å²) in [5, 5.41) is 51.7. The summed E-state index contributed by atoms with van der Waals surface area (Å²) in [7, 11) is 0. The molecule has 0 saturated heterocycles. The second kappa shape index (κ2) is 8.02. The maximum atomic E-state index is 11.2. The van der Waals surface area contributed by atoms with Gasteiger partial charge in [-0.15, -0.1) is 0 Å². The van der Waals surface area contributed by atoms with E-state index in [1.165, 1.54) is 0 Å². The lowest BCUT2D eigenvalue weighted by molar-refractivity contribution is -0.179. The van der Waals surface area contributed by atoms with Gasteiger partial charge in [-0.05, 0) is 98.2 Å². The van der Waals surface area contributed by atoms with E-state index in [1.807, 2.05) is 0 Å². The smallest absolute Gasteiger partial charge is 0.303 e. The quantitative estimate of drug-likeness (QED) is 0.463. The van der Waals surface area contributed by atoms with Crippen LogP contribution in [0.5, 0.6) is 0 Å². The van der Waals surface area contributed by atoms with Crippen LogP contribution in [0.3, 0.4) is 0 Å². The van der Waals surface area contributed by atoms with Gasteiger partial charge in [0.05, 0.1) is 24.4 Å². The average Bonchev–Trinajstić information content (AvgIpc) is 3.04. The number of hydrogen-bond acceptors (Lipinski definition) is 5. The Morgan fingerprint density at radius 2 is 1.63 bits per heavy atom. The summed E-state index contributed by atoms with van der Waals surface area (Å²) < 4.78 is 0. The number of fused-ring (bicyclic) bond motifs is 5. The molecule has 4 rings (SSSR count). The molecule has 4 aliphatic carbocycles. The van der Waals surface area contributed by atoms with E-state index in [2.05, 4.69) is 13.8 Å². The van der Waals surface area contributed by atoms with Crippen molar-refractivity contribution in [2.24, 2.45) is 40.4 Å². The van der Waals surface area contributed by atoms with Gasteiger partial charge in [0.1, 0.15) is 0 Å². The molecule has 0 bridgehead atoms. The van der Waals surface area contributed by atoms with Crippen LogP contribution in [0, 0.1) is 40.4 Å². The number of carbonyl (C=O) groups is 1. The van der Waals surface area contributed by atoms with Crippen LogP contribution in [0.25, 0.3) is 0 Å². The van der Waals surface area contributed by atoms with E-state index in [4.69, 9.17) is 5.11 Å². The van der Waals surface area contributed by atoms with E-state index >= 15 is 0 Å². The van der Waals surface area contributed by atoms with Gasteiger partial charge in [0.2, 0.25) is 0 Å². The van der Waals surface area contributed by atoms with E-state index in [0.717, 1.165) is 51.4 Å². The lowest BCUT2D eigenvalue weighted by atomic mass is 9.44. The first-order valence-corrected chi connectivity index (χ1v) is 12.0. The lowest BCUT2D eigenvalue weighted by Gasteiger charge is -2.62. The number of carboxylic acid groups (broad SMARTS) is 1. The third-order valence-electron chi connectivity index (χ3n) is 10.2. The highest BCUT2D eigenvalue weighted by Gasteiger charge is 2.63. The van der Waals surface area contributed by atoms with Gasteiger partial charge in [-0.2, -0.15) is 0 Å². The molecule has 4 saturated carbocycles. The van der Waals surface area contributed by atoms with Gasteiger partial charge in [0.15, 0.2) is 0 Å². The van der Waals surface area contributed by atoms with Crippen molar-refractivity contribution in [2.75, 3.05) is 0 Å². The zero-order chi connectivity index (χ0) is 21.8. The van der Waals surface area contributed by atoms with Gasteiger partial charge in [-0.3, -0.25) is 4.79 Å². The first-order valence-electron chi connectivity index (χ1n) is 12.0. The van der Waals surface area contributed by atoms with Crippen molar-refractivity contribution < 1.29 is 30.3 Å². The Morgan fingerprint density at radius 3 is 2.33 bits per heavy atom. The Kier molecular flexibility index (Phi) is 6.02. The van der Waals surface area contributed by atoms with Crippen molar-refractivity contribution in [3.8, 4) is 0 Å². The van der Waals surface area contributed by atoms with Gasteiger partial charge in [-0.1, -0.05) is 13.8 Å². The van der Waals surface area contributed by atoms with Crippen LogP contribution in [0.2, 0.25) is 0 Å². The Labute approximate surface area is 179 Å². The molecule has 0 radical (unpaired) electrons. The average molecular weight is 425 g/mol. The molecule has 0 spiro atoms. The third kappa shape index (κ3) is 3.52. The van der Waals surface area contributed by atoms with E-state index in [1.54, 1.807) is 0 Å². The Bertz CT molecular complexity index is 654. The molecule has 0 aromatic carbocycles. The number of hydrogen-bond donors (Lipinski definition) is 5. The van der Waals surface area contributed by atoms with Gasteiger partial charge in [0, 0.05) is 6.42 Å². The normalized spacial score (nSPS) is 50.1. The summed E-state index contributed by atoms with van der Waals surface area (Å²) in [6, 6.07) is 0. The lowest BCUT2D eigenvalue weighted by Crippen LogP contribution is -2.59. The summed E-state index contributed by atoms with van der Waals surface area (Å²) in [5.74, 6) is 0.351. The second-order valence-corrected chi connectivity index (χ2v) is 11.4. The van der Waals surface area contributed by atoms with E-state index in [0.29, 0.717) is 17.8 Å². The molecule has 30 heavy (non-hydrogen) atoms. The zero-order valence-corrected chi connectivity index (χ0v) is 18.4. The van der Waals surface area contributed by atoms with Crippen molar-refractivity contribution in [3.05, 3.63) is 0 Å². The third-order valence-corrected chi connectivity index (χ3v) is 10.2. The first-order chi connectivity index (χ1) is 14.1. The topological polar surface area (TPSA) is 118 Å². The van der Waals surface area contributed by atoms with Crippen LogP contribution in [0.15, 0.2) is 0 Å². The molecule has 6 nitrogen and oxygen atoms in total. The predicted molar refractivity (Wildman–Crippen MR) is 111 cm³/mol. The van der Waals surface area contributed by atoms with Crippen LogP contribution in [0.1, 0.15) is 78.1 Å². The summed E-state index contributed by atoms with van der Waals surface area (Å²) >= 11 is 0. The molecule has 0 aliphatic heterocycles. The van der Waals surface area contributed by atoms with Crippen molar-refractivity contribution in [3.63, 3.8) is 0 Å². The Morgan fingerprint density at radius 1 is 0.967 bits per heavy atom. The predicted octanol–water partition coefficient (Wildman–Crippen LogP) is 2.56. The monoisotopic (exact) mass is 424 g/mol. The van der Waals surface area contributed by atoms with Crippen molar-refractivity contribution in [1.29, 1.82) is 0 Å². The van der Waals surface area contributed by atoms with Gasteiger partial charge >= 0.3 is 5.97 Å². The highest BCUT2D eigenvalue weighted by Crippen LogP contribution is 2.67. The van der Waals surface area contributed by atoms with Crippen molar-refractivity contribution >= 4 is 5.97 Å². The molecule has 4 fully saturated rings. The minimum absolute atomic E-state index is 0.0573. The molecule has 0 heterocycles. The zero-order valence-electron chi connectivity index (χ0n) is 18.4. The number of carboxylic acids is 1. The standard InChI is InChI=1S/C24H40O6/c1-23-9-7-14(25)11-13(23)12-19(27)21-15-3-4-17(24(15,2)10-8-16(21)23)22(30)18(26)5-6-20(28)29/h13-19,21-22,25-27,30H,3-12H2,1-2H3,(H,28,29)/t13?,14-,15?,16?,17?,18?,19+,21?,22+,23+,24+/m1/s1. The largest absolute Gasteiger partial charge is 0.481 e. The summed E-state index contributed by atoms with van der Waals surface area (Å²) in [6.07, 6.45) is 4.61. The van der Waals surface area contributed by atoms with Crippen LogP contribution in [-0.2, 0) is 4.79 Å². The number of aliphatic hydroxyl groups excluding tert-OH is 4. The maximum absolute atomic E-state index is 11.2. The molecule has 11 atom stereocenters. The van der Waals surface area contributed by atoms with Gasteiger partial charge < -0.3 is 25.5 Å². The van der Waals surface area contributed by atoms with E-state index in [9.17, 15) is 25.2 Å². The molecule has 172 valence electrons. The molecule has 4 aliphatic rings. The molecular formula is C24H40O6. The molecule has 6 unspecified atom stereocenters. The van der Waals surface area contributed by atoms with Crippen LogP contribution >= 0.6 is 0 Å².